The van der Waals surface area contributed by atoms with Crippen LogP contribution in [0.25, 0.3) is 0 Å². The number of hydrogen-bond donors (Lipinski definition) is 1. The number of aromatic hydroxyl groups is 1. The van der Waals surface area contributed by atoms with Crippen LogP contribution in [0, 0.1) is 6.92 Å². The minimum atomic E-state index is -0.0572. The molecule has 2 aliphatic rings. The number of carbonyl (C=O) groups is 1. The number of aromatic nitrogens is 2. The summed E-state index contributed by atoms with van der Waals surface area (Å²) in [6.07, 6.45) is 1.02. The molecule has 1 atom stereocenters. The van der Waals surface area contributed by atoms with Gasteiger partial charge in [0.1, 0.15) is 5.75 Å². The normalized spacial score (nSPS) is 18.7. The lowest BCUT2D eigenvalue weighted by Gasteiger charge is -2.36. The van der Waals surface area contributed by atoms with Gasteiger partial charge in [0, 0.05) is 44.2 Å². The maximum absolute atomic E-state index is 12.9. The van der Waals surface area contributed by atoms with Crippen molar-refractivity contribution in [1.82, 2.24) is 9.97 Å². The molecule has 1 fully saturated rings. The third-order valence-corrected chi connectivity index (χ3v) is 6.36. The molecule has 5 rings (SSSR count). The Bertz CT molecular complexity index is 1110. The summed E-state index contributed by atoms with van der Waals surface area (Å²) < 4.78 is 0. The van der Waals surface area contributed by atoms with E-state index in [0.717, 1.165) is 43.1 Å². The molecule has 1 aromatic heterocycles. The Hall–Kier alpha value is -3.41. The summed E-state index contributed by atoms with van der Waals surface area (Å²) in [5, 5.41) is 10.3. The van der Waals surface area contributed by atoms with Gasteiger partial charge < -0.3 is 14.9 Å². The number of Topliss-reactive ketones (excluding diaryl/α,β-unsaturated/α-hetero) is 1. The number of phenols is 1. The molecular weight excluding hydrogens is 388 g/mol. The zero-order valence-corrected chi connectivity index (χ0v) is 17.7. The number of anilines is 2. The van der Waals surface area contributed by atoms with Crippen molar-refractivity contribution in [3.05, 3.63) is 77.1 Å². The van der Waals surface area contributed by atoms with Crippen LogP contribution in [-0.4, -0.2) is 47.0 Å². The van der Waals surface area contributed by atoms with Gasteiger partial charge in [0.25, 0.3) is 0 Å². The lowest BCUT2D eigenvalue weighted by Crippen LogP contribution is -2.47. The Morgan fingerprint density at radius 1 is 0.871 bits per heavy atom. The van der Waals surface area contributed by atoms with Crippen molar-refractivity contribution in [2.45, 2.75) is 25.7 Å². The maximum atomic E-state index is 12.9. The quantitative estimate of drug-likeness (QED) is 0.704. The zero-order chi connectivity index (χ0) is 21.4. The van der Waals surface area contributed by atoms with Crippen LogP contribution in [0.5, 0.6) is 5.75 Å². The fraction of sp³-hybridized carbons (Fsp3) is 0.320. The fourth-order valence-corrected chi connectivity index (χ4v) is 4.76. The Labute approximate surface area is 182 Å². The topological polar surface area (TPSA) is 69.6 Å². The number of ketones is 1. The molecule has 1 saturated heterocycles. The number of aryl methyl sites for hydroxylation is 1. The highest BCUT2D eigenvalue weighted by atomic mass is 16.3. The van der Waals surface area contributed by atoms with Crippen molar-refractivity contribution < 1.29 is 9.90 Å². The smallest absolute Gasteiger partial charge is 0.225 e. The molecule has 0 saturated carbocycles. The molecule has 0 amide bonds. The summed E-state index contributed by atoms with van der Waals surface area (Å²) >= 11 is 0. The highest BCUT2D eigenvalue weighted by Crippen LogP contribution is 2.37. The van der Waals surface area contributed by atoms with Crippen LogP contribution in [0.15, 0.2) is 54.6 Å². The Morgan fingerprint density at radius 3 is 2.29 bits per heavy atom. The maximum Gasteiger partial charge on any atom is 0.225 e. The molecule has 31 heavy (non-hydrogen) atoms. The van der Waals surface area contributed by atoms with Crippen molar-refractivity contribution in [2.75, 3.05) is 36.0 Å². The molecule has 0 bridgehead atoms. The minimum Gasteiger partial charge on any atom is -0.508 e. The minimum absolute atomic E-state index is 0.0572. The number of para-hydroxylation sites is 2. The molecule has 6 heteroatoms. The molecule has 1 aliphatic carbocycles. The van der Waals surface area contributed by atoms with Gasteiger partial charge in [-0.05, 0) is 37.1 Å². The molecule has 2 heterocycles. The fourth-order valence-electron chi connectivity index (χ4n) is 4.76. The van der Waals surface area contributed by atoms with E-state index in [9.17, 15) is 9.90 Å². The first kappa shape index (κ1) is 19.5. The molecule has 0 spiro atoms. The van der Waals surface area contributed by atoms with Crippen molar-refractivity contribution in [3.8, 4) is 5.75 Å². The van der Waals surface area contributed by atoms with Crippen molar-refractivity contribution in [3.63, 3.8) is 0 Å². The number of fused-ring (bicyclic) bond motifs is 1. The number of hydrogen-bond acceptors (Lipinski definition) is 6. The van der Waals surface area contributed by atoms with Crippen molar-refractivity contribution in [1.29, 1.82) is 0 Å². The predicted molar refractivity (Wildman–Crippen MR) is 121 cm³/mol. The molecular formula is C25H26N4O2. The van der Waals surface area contributed by atoms with Gasteiger partial charge in [-0.15, -0.1) is 0 Å². The van der Waals surface area contributed by atoms with E-state index in [-0.39, 0.29) is 17.5 Å². The van der Waals surface area contributed by atoms with E-state index in [1.165, 1.54) is 5.69 Å². The number of carbonyl (C=O) groups excluding carboxylic acids is 1. The van der Waals surface area contributed by atoms with Gasteiger partial charge in [0.15, 0.2) is 5.78 Å². The van der Waals surface area contributed by atoms with Crippen LogP contribution < -0.4 is 9.80 Å². The van der Waals surface area contributed by atoms with Gasteiger partial charge in [-0.25, -0.2) is 9.97 Å². The number of nitrogens with zero attached hydrogens (tertiary/aromatic N) is 4. The lowest BCUT2D eigenvalue weighted by atomic mass is 9.81. The number of benzene rings is 2. The van der Waals surface area contributed by atoms with E-state index in [2.05, 4.69) is 34.1 Å². The van der Waals surface area contributed by atoms with Gasteiger partial charge in [-0.1, -0.05) is 36.4 Å². The number of rotatable bonds is 3. The van der Waals surface area contributed by atoms with E-state index < -0.39 is 0 Å². The van der Waals surface area contributed by atoms with Crippen molar-refractivity contribution in [2.24, 2.45) is 0 Å². The predicted octanol–water partition coefficient (Wildman–Crippen LogP) is 3.73. The second-order valence-electron chi connectivity index (χ2n) is 8.33. The third-order valence-electron chi connectivity index (χ3n) is 6.36. The molecule has 3 aromatic rings. The molecule has 1 N–H and O–H groups in total. The third kappa shape index (κ3) is 3.74. The van der Waals surface area contributed by atoms with E-state index >= 15 is 0 Å². The molecule has 2 aromatic carbocycles. The van der Waals surface area contributed by atoms with Gasteiger partial charge >= 0.3 is 0 Å². The summed E-state index contributed by atoms with van der Waals surface area (Å²) in [7, 11) is 0. The Morgan fingerprint density at radius 2 is 1.55 bits per heavy atom. The van der Waals surface area contributed by atoms with Crippen molar-refractivity contribution >= 4 is 17.4 Å². The van der Waals surface area contributed by atoms with Gasteiger partial charge in [-0.3, -0.25) is 4.79 Å². The Balaban J connectivity index is 1.38. The molecule has 6 nitrogen and oxygen atoms in total. The van der Waals surface area contributed by atoms with E-state index in [1.807, 2.05) is 25.1 Å². The average Bonchev–Trinajstić information content (AvgIpc) is 2.79. The standard InChI is InChI=1S/C25H26N4O2/c1-17-24-21(15-18(16-23(24)31)20-9-5-6-10-22(20)30)27-25(26-17)29-13-11-28(12-14-29)19-7-3-2-4-8-19/h2-10,18,30H,11-16H2,1H3/t18-/m0/s1. The first-order chi connectivity index (χ1) is 15.1. The first-order valence-electron chi connectivity index (χ1n) is 10.8. The lowest BCUT2D eigenvalue weighted by molar-refractivity contribution is 0.0961. The number of phenolic OH excluding ortho intramolecular Hbond substituents is 1. The second-order valence-corrected chi connectivity index (χ2v) is 8.33. The summed E-state index contributed by atoms with van der Waals surface area (Å²) in [6, 6.07) is 17.7. The van der Waals surface area contributed by atoms with E-state index in [0.29, 0.717) is 24.4 Å². The molecule has 0 radical (unpaired) electrons. The van der Waals surface area contributed by atoms with Crippen LogP contribution in [0.2, 0.25) is 0 Å². The van der Waals surface area contributed by atoms with Gasteiger partial charge in [0.2, 0.25) is 5.95 Å². The largest absolute Gasteiger partial charge is 0.508 e. The highest BCUT2D eigenvalue weighted by molar-refractivity contribution is 5.99. The molecule has 0 unspecified atom stereocenters. The monoisotopic (exact) mass is 414 g/mol. The van der Waals surface area contributed by atoms with E-state index in [4.69, 9.17) is 9.97 Å². The summed E-state index contributed by atoms with van der Waals surface area (Å²) in [5.74, 6) is 0.951. The van der Waals surface area contributed by atoms with Crippen LogP contribution in [-0.2, 0) is 6.42 Å². The molecule has 158 valence electrons. The molecule has 1 aliphatic heterocycles. The first-order valence-corrected chi connectivity index (χ1v) is 10.8. The van der Waals surface area contributed by atoms with Crippen LogP contribution in [0.3, 0.4) is 0 Å². The van der Waals surface area contributed by atoms with Gasteiger partial charge in [0.05, 0.1) is 17.0 Å². The summed E-state index contributed by atoms with van der Waals surface area (Å²) in [5.41, 5.74) is 4.28. The van der Waals surface area contributed by atoms with Gasteiger partial charge in [-0.2, -0.15) is 0 Å². The Kier molecular flexibility index (Phi) is 5.06. The van der Waals surface area contributed by atoms with Crippen LogP contribution in [0.1, 0.15) is 39.6 Å². The second kappa shape index (κ2) is 8.02. The zero-order valence-electron chi connectivity index (χ0n) is 17.7. The number of piperazine rings is 1. The summed E-state index contributed by atoms with van der Waals surface area (Å²) in [4.78, 5) is 27.0. The van der Waals surface area contributed by atoms with Crippen LogP contribution >= 0.6 is 0 Å². The SMILES string of the molecule is Cc1nc(N2CCN(c3ccccc3)CC2)nc2c1C(=O)C[C@@H](c1ccccc1O)C2. The van der Waals surface area contributed by atoms with E-state index in [1.54, 1.807) is 12.1 Å². The van der Waals surface area contributed by atoms with Crippen LogP contribution in [0.4, 0.5) is 11.6 Å². The summed E-state index contributed by atoms with van der Waals surface area (Å²) in [6.45, 7) is 5.39. The average molecular weight is 415 g/mol. The highest BCUT2D eigenvalue weighted by Gasteiger charge is 2.32.